The first-order valence-corrected chi connectivity index (χ1v) is 11.1. The number of carboxylic acid groups (broad SMARTS) is 2. The number of amides is 2. The molecule has 0 aromatic heterocycles. The molecule has 1 fully saturated rings. The summed E-state index contributed by atoms with van der Waals surface area (Å²) < 4.78 is 5.10. The Bertz CT molecular complexity index is 902. The molecule has 10 heteroatoms. The molecule has 3 atom stereocenters. The fourth-order valence-corrected chi connectivity index (χ4v) is 3.76. The van der Waals surface area contributed by atoms with E-state index in [4.69, 9.17) is 9.84 Å². The smallest absolute Gasteiger partial charge is 0.408 e. The van der Waals surface area contributed by atoms with Gasteiger partial charge in [-0.15, -0.1) is 6.58 Å². The number of rotatable bonds is 6. The first kappa shape index (κ1) is 26.8. The Morgan fingerprint density at radius 1 is 1.18 bits per heavy atom. The third-order valence-electron chi connectivity index (χ3n) is 5.36. The van der Waals surface area contributed by atoms with E-state index < -0.39 is 47.5 Å². The van der Waals surface area contributed by atoms with E-state index >= 15 is 0 Å². The van der Waals surface area contributed by atoms with Crippen molar-refractivity contribution in [3.63, 3.8) is 0 Å². The molecule has 0 radical (unpaired) electrons. The van der Waals surface area contributed by atoms with E-state index in [1.165, 1.54) is 17.2 Å². The van der Waals surface area contributed by atoms with Crippen molar-refractivity contribution in [3.05, 3.63) is 48.0 Å². The van der Waals surface area contributed by atoms with Gasteiger partial charge in [-0.3, -0.25) is 9.59 Å². The third-order valence-corrected chi connectivity index (χ3v) is 5.36. The highest BCUT2D eigenvalue weighted by molar-refractivity contribution is 5.91. The van der Waals surface area contributed by atoms with Crippen LogP contribution in [0.15, 0.2) is 36.9 Å². The minimum absolute atomic E-state index is 0.0542. The Balaban J connectivity index is 0.000000371. The minimum atomic E-state index is -1.29. The zero-order chi connectivity index (χ0) is 25.5. The molecule has 10 nitrogen and oxygen atoms in total. The van der Waals surface area contributed by atoms with E-state index in [0.717, 1.165) is 18.0 Å². The first-order valence-electron chi connectivity index (χ1n) is 11.1. The van der Waals surface area contributed by atoms with Crippen molar-refractivity contribution in [2.24, 2.45) is 5.92 Å². The molecule has 0 saturated carbocycles. The largest absolute Gasteiger partial charge is 0.481 e. The predicted octanol–water partition coefficient (Wildman–Crippen LogP) is 2.13. The highest BCUT2D eigenvalue weighted by Gasteiger charge is 2.44. The molecular formula is C24H33N3O7. The molecule has 2 unspecified atom stereocenters. The van der Waals surface area contributed by atoms with Crippen molar-refractivity contribution >= 4 is 23.9 Å². The summed E-state index contributed by atoms with van der Waals surface area (Å²) in [5.41, 5.74) is 2.15. The van der Waals surface area contributed by atoms with Crippen LogP contribution in [0.4, 0.5) is 4.79 Å². The highest BCUT2D eigenvalue weighted by Crippen LogP contribution is 2.25. The lowest BCUT2D eigenvalue weighted by Crippen LogP contribution is -2.52. The van der Waals surface area contributed by atoms with E-state index in [1.54, 1.807) is 20.8 Å². The molecule has 2 aliphatic rings. The van der Waals surface area contributed by atoms with Gasteiger partial charge in [-0.2, -0.15) is 0 Å². The molecule has 0 aliphatic carbocycles. The second-order valence-corrected chi connectivity index (χ2v) is 9.21. The quantitative estimate of drug-likeness (QED) is 0.458. The Labute approximate surface area is 199 Å². The Morgan fingerprint density at radius 3 is 2.24 bits per heavy atom. The van der Waals surface area contributed by atoms with Gasteiger partial charge in [0.05, 0.1) is 5.92 Å². The Kier molecular flexibility index (Phi) is 9.19. The summed E-state index contributed by atoms with van der Waals surface area (Å²) >= 11 is 0. The standard InChI is InChI=1S/C16H24N2O7.C8H9N/c1-5-6-10(17-15(24)25-16(2,3)4)12(19)18-8-9(13(20)21)7-11(18)14(22)23;1-2-4-8-6-9-5-7(8)3-1/h5,9-11H,1,6-8H2,2-4H3,(H,17,24)(H,20,21)(H,22,23);1-4,9H,5-6H2/t9?,10-,11?;/m0./s1. The van der Waals surface area contributed by atoms with Crippen molar-refractivity contribution in [2.45, 2.75) is 64.4 Å². The van der Waals surface area contributed by atoms with Crippen LogP contribution in [0.25, 0.3) is 0 Å². The SMILES string of the molecule is C=CC[C@H](NC(=O)OC(C)(C)C)C(=O)N1CC(C(=O)O)CC1C(=O)O.c1ccc2c(c1)CNC2. The van der Waals surface area contributed by atoms with Crippen LogP contribution in [0.1, 0.15) is 44.7 Å². The number of carbonyl (C=O) groups excluding carboxylic acids is 2. The van der Waals surface area contributed by atoms with Gasteiger partial charge in [0, 0.05) is 19.6 Å². The molecule has 2 amide bonds. The number of aliphatic carboxylic acids is 2. The molecule has 0 bridgehead atoms. The van der Waals surface area contributed by atoms with Crippen LogP contribution in [0, 0.1) is 5.92 Å². The summed E-state index contributed by atoms with van der Waals surface area (Å²) in [6.07, 6.45) is 0.455. The van der Waals surface area contributed by atoms with Gasteiger partial charge in [0.15, 0.2) is 0 Å². The molecule has 186 valence electrons. The Hall–Kier alpha value is -3.40. The van der Waals surface area contributed by atoms with Crippen molar-refractivity contribution in [2.75, 3.05) is 6.54 Å². The van der Waals surface area contributed by atoms with Crippen molar-refractivity contribution < 1.29 is 34.1 Å². The lowest BCUT2D eigenvalue weighted by molar-refractivity contribution is -0.149. The fourth-order valence-electron chi connectivity index (χ4n) is 3.76. The number of nitrogens with zero attached hydrogens (tertiary/aromatic N) is 1. The number of nitrogens with one attached hydrogen (secondary N) is 2. The van der Waals surface area contributed by atoms with Crippen molar-refractivity contribution in [1.29, 1.82) is 0 Å². The summed E-state index contributed by atoms with van der Waals surface area (Å²) in [5, 5.41) is 24.0. The molecule has 2 aliphatic heterocycles. The molecule has 2 heterocycles. The van der Waals surface area contributed by atoms with Gasteiger partial charge in [-0.25, -0.2) is 9.59 Å². The maximum Gasteiger partial charge on any atom is 0.408 e. The van der Waals surface area contributed by atoms with E-state index in [1.807, 2.05) is 0 Å². The van der Waals surface area contributed by atoms with Gasteiger partial charge in [0.25, 0.3) is 0 Å². The second-order valence-electron chi connectivity index (χ2n) is 9.21. The lowest BCUT2D eigenvalue weighted by Gasteiger charge is -2.28. The summed E-state index contributed by atoms with van der Waals surface area (Å²) in [6.45, 7) is 10.4. The van der Waals surface area contributed by atoms with Crippen LogP contribution in [-0.2, 0) is 32.2 Å². The van der Waals surface area contributed by atoms with Gasteiger partial charge in [-0.1, -0.05) is 30.3 Å². The summed E-state index contributed by atoms with van der Waals surface area (Å²) in [6, 6.07) is 6.20. The van der Waals surface area contributed by atoms with E-state index in [2.05, 4.69) is 41.5 Å². The number of carbonyl (C=O) groups is 4. The second kappa shape index (κ2) is 11.6. The van der Waals surface area contributed by atoms with E-state index in [9.17, 15) is 24.3 Å². The van der Waals surface area contributed by atoms with Gasteiger partial charge in [-0.05, 0) is 44.7 Å². The van der Waals surface area contributed by atoms with Crippen LogP contribution >= 0.6 is 0 Å². The van der Waals surface area contributed by atoms with E-state index in [-0.39, 0.29) is 19.4 Å². The van der Waals surface area contributed by atoms with E-state index in [0.29, 0.717) is 0 Å². The number of hydrogen-bond acceptors (Lipinski definition) is 6. The molecule has 3 rings (SSSR count). The number of ether oxygens (including phenoxy) is 1. The maximum absolute atomic E-state index is 12.7. The molecule has 4 N–H and O–H groups in total. The zero-order valence-corrected chi connectivity index (χ0v) is 19.7. The van der Waals surface area contributed by atoms with Gasteiger partial charge in [0.1, 0.15) is 17.7 Å². The zero-order valence-electron chi connectivity index (χ0n) is 19.7. The van der Waals surface area contributed by atoms with Gasteiger partial charge < -0.3 is 30.5 Å². The summed E-state index contributed by atoms with van der Waals surface area (Å²) in [5.74, 6) is -4.09. The number of fused-ring (bicyclic) bond motifs is 1. The van der Waals surface area contributed by atoms with Gasteiger partial charge >= 0.3 is 18.0 Å². The number of benzene rings is 1. The molecule has 1 aromatic rings. The average molecular weight is 476 g/mol. The van der Waals surface area contributed by atoms with Crippen LogP contribution in [-0.4, -0.2) is 63.3 Å². The topological polar surface area (TPSA) is 145 Å². The van der Waals surface area contributed by atoms with Crippen LogP contribution in [0.5, 0.6) is 0 Å². The predicted molar refractivity (Wildman–Crippen MR) is 124 cm³/mol. The molecule has 1 saturated heterocycles. The number of likely N-dealkylation sites (tertiary alicyclic amines) is 1. The molecule has 0 spiro atoms. The minimum Gasteiger partial charge on any atom is -0.481 e. The molecule has 1 aromatic carbocycles. The maximum atomic E-state index is 12.7. The van der Waals surface area contributed by atoms with Crippen LogP contribution < -0.4 is 10.6 Å². The lowest BCUT2D eigenvalue weighted by atomic mass is 10.1. The van der Waals surface area contributed by atoms with Crippen molar-refractivity contribution in [1.82, 2.24) is 15.5 Å². The van der Waals surface area contributed by atoms with Crippen LogP contribution in [0.3, 0.4) is 0 Å². The summed E-state index contributed by atoms with van der Waals surface area (Å²) in [4.78, 5) is 48.0. The molecular weight excluding hydrogens is 442 g/mol. The fraction of sp³-hybridized carbons (Fsp3) is 0.500. The number of carboxylic acids is 2. The average Bonchev–Trinajstić information content (AvgIpc) is 3.39. The number of alkyl carbamates (subject to hydrolysis) is 1. The molecule has 34 heavy (non-hydrogen) atoms. The van der Waals surface area contributed by atoms with Gasteiger partial charge in [0.2, 0.25) is 5.91 Å². The monoisotopic (exact) mass is 475 g/mol. The number of hydrogen-bond donors (Lipinski definition) is 4. The normalized spacial score (nSPS) is 19.8. The summed E-state index contributed by atoms with van der Waals surface area (Å²) in [7, 11) is 0. The third kappa shape index (κ3) is 7.58. The highest BCUT2D eigenvalue weighted by atomic mass is 16.6. The van der Waals surface area contributed by atoms with Crippen molar-refractivity contribution in [3.8, 4) is 0 Å². The Morgan fingerprint density at radius 2 is 1.76 bits per heavy atom. The first-order chi connectivity index (χ1) is 15.9. The van der Waals surface area contributed by atoms with Crippen LogP contribution in [0.2, 0.25) is 0 Å².